The van der Waals surface area contributed by atoms with Gasteiger partial charge in [-0.3, -0.25) is 0 Å². The first-order chi connectivity index (χ1) is 14.2. The van der Waals surface area contributed by atoms with Gasteiger partial charge in [0.05, 0.1) is 0 Å². The minimum absolute atomic E-state index is 0.810. The van der Waals surface area contributed by atoms with Gasteiger partial charge < -0.3 is 4.90 Å². The Morgan fingerprint density at radius 1 is 0.517 bits per heavy atom. The predicted octanol–water partition coefficient (Wildman–Crippen LogP) is 9.48. The van der Waals surface area contributed by atoms with Gasteiger partial charge in [-0.1, -0.05) is 115 Å². The molecular weight excluding hydrogens is 350 g/mol. The average molecular weight is 406 g/mol. The Kier molecular flexibility index (Phi) is 23.3. The predicted molar refractivity (Wildman–Crippen MR) is 135 cm³/mol. The summed E-state index contributed by atoms with van der Waals surface area (Å²) in [7, 11) is 4.53. The molecule has 0 aliphatic heterocycles. The second-order valence-electron chi connectivity index (χ2n) is 9.19. The fraction of sp³-hybridized carbons (Fsp3) is 0.857. The highest BCUT2D eigenvalue weighted by Crippen LogP contribution is 2.17. The molecule has 1 heteroatoms. The van der Waals surface area contributed by atoms with Gasteiger partial charge in [-0.15, -0.1) is 0 Å². The number of hydrogen-bond donors (Lipinski definition) is 0. The van der Waals surface area contributed by atoms with E-state index in [9.17, 15) is 0 Å². The molecule has 0 saturated heterocycles. The molecule has 1 unspecified atom stereocenters. The fourth-order valence-corrected chi connectivity index (χ4v) is 4.01. The third-order valence-corrected chi connectivity index (χ3v) is 6.11. The molecule has 29 heavy (non-hydrogen) atoms. The lowest BCUT2D eigenvalue weighted by Crippen LogP contribution is -2.27. The first kappa shape index (κ1) is 28.4. The third-order valence-electron chi connectivity index (χ3n) is 6.11. The SMILES string of the molecule is CCCCC/C=C/C/C=C/CCCCCCCCCC(CCCCCC)N(C)C. The van der Waals surface area contributed by atoms with Crippen molar-refractivity contribution in [1.82, 2.24) is 4.90 Å². The molecule has 1 nitrogen and oxygen atoms in total. The molecule has 0 radical (unpaired) electrons. The molecule has 172 valence electrons. The van der Waals surface area contributed by atoms with E-state index in [1.54, 1.807) is 0 Å². The Bertz CT molecular complexity index is 355. The van der Waals surface area contributed by atoms with Crippen molar-refractivity contribution in [3.05, 3.63) is 24.3 Å². The maximum absolute atomic E-state index is 2.46. The van der Waals surface area contributed by atoms with Crippen molar-refractivity contribution in [2.45, 2.75) is 142 Å². The van der Waals surface area contributed by atoms with E-state index in [4.69, 9.17) is 0 Å². The van der Waals surface area contributed by atoms with E-state index in [0.717, 1.165) is 12.5 Å². The topological polar surface area (TPSA) is 3.24 Å². The van der Waals surface area contributed by atoms with Gasteiger partial charge in [0.2, 0.25) is 0 Å². The molecule has 0 fully saturated rings. The van der Waals surface area contributed by atoms with Crippen LogP contribution in [0.3, 0.4) is 0 Å². The Labute approximate surface area is 185 Å². The van der Waals surface area contributed by atoms with E-state index in [-0.39, 0.29) is 0 Å². The van der Waals surface area contributed by atoms with Gasteiger partial charge in [0, 0.05) is 6.04 Å². The zero-order chi connectivity index (χ0) is 21.4. The monoisotopic (exact) mass is 405 g/mol. The molecule has 0 aromatic carbocycles. The summed E-state index contributed by atoms with van der Waals surface area (Å²) in [4.78, 5) is 2.46. The molecule has 0 aromatic heterocycles. The maximum Gasteiger partial charge on any atom is 0.00891 e. The number of allylic oxidation sites excluding steroid dienone is 4. The van der Waals surface area contributed by atoms with Crippen LogP contribution < -0.4 is 0 Å². The zero-order valence-corrected chi connectivity index (χ0v) is 20.8. The molecule has 0 bridgehead atoms. The quantitative estimate of drug-likeness (QED) is 0.128. The van der Waals surface area contributed by atoms with Crippen molar-refractivity contribution in [2.24, 2.45) is 0 Å². The average Bonchev–Trinajstić information content (AvgIpc) is 2.71. The molecule has 0 spiro atoms. The van der Waals surface area contributed by atoms with E-state index in [2.05, 4.69) is 57.1 Å². The van der Waals surface area contributed by atoms with Crippen LogP contribution in [0.2, 0.25) is 0 Å². The molecule has 0 N–H and O–H groups in total. The molecule has 0 heterocycles. The van der Waals surface area contributed by atoms with Crippen LogP contribution in [0, 0.1) is 0 Å². The van der Waals surface area contributed by atoms with Crippen molar-refractivity contribution >= 4 is 0 Å². The van der Waals surface area contributed by atoms with Gasteiger partial charge in [0.1, 0.15) is 0 Å². The van der Waals surface area contributed by atoms with Crippen molar-refractivity contribution in [2.75, 3.05) is 14.1 Å². The summed E-state index contributed by atoms with van der Waals surface area (Å²) in [5.74, 6) is 0. The van der Waals surface area contributed by atoms with Gasteiger partial charge >= 0.3 is 0 Å². The smallest absolute Gasteiger partial charge is 0.00891 e. The molecule has 1 atom stereocenters. The molecule has 0 amide bonds. The highest BCUT2D eigenvalue weighted by molar-refractivity contribution is 4.92. The van der Waals surface area contributed by atoms with E-state index in [1.165, 1.54) is 116 Å². The third kappa shape index (κ3) is 22.0. The normalized spacial score (nSPS) is 13.3. The van der Waals surface area contributed by atoms with Crippen molar-refractivity contribution in [3.8, 4) is 0 Å². The summed E-state index contributed by atoms with van der Waals surface area (Å²) in [5.41, 5.74) is 0. The van der Waals surface area contributed by atoms with Gasteiger partial charge in [-0.25, -0.2) is 0 Å². The number of rotatable bonds is 22. The van der Waals surface area contributed by atoms with Crippen LogP contribution in [0.5, 0.6) is 0 Å². The van der Waals surface area contributed by atoms with Gasteiger partial charge in [0.15, 0.2) is 0 Å². The Morgan fingerprint density at radius 3 is 1.45 bits per heavy atom. The van der Waals surface area contributed by atoms with Crippen LogP contribution in [-0.2, 0) is 0 Å². The summed E-state index contributed by atoms with van der Waals surface area (Å²) in [6, 6.07) is 0.810. The van der Waals surface area contributed by atoms with Crippen LogP contribution in [0.1, 0.15) is 136 Å². The van der Waals surface area contributed by atoms with Gasteiger partial charge in [-0.2, -0.15) is 0 Å². The second-order valence-corrected chi connectivity index (χ2v) is 9.19. The fourth-order valence-electron chi connectivity index (χ4n) is 4.01. The lowest BCUT2D eigenvalue weighted by atomic mass is 9.99. The summed E-state index contributed by atoms with van der Waals surface area (Å²) in [5, 5.41) is 0. The molecule has 0 saturated carbocycles. The molecule has 0 aliphatic rings. The van der Waals surface area contributed by atoms with Crippen molar-refractivity contribution in [3.63, 3.8) is 0 Å². The van der Waals surface area contributed by atoms with Crippen molar-refractivity contribution < 1.29 is 0 Å². The van der Waals surface area contributed by atoms with Gasteiger partial charge in [0.25, 0.3) is 0 Å². The molecule has 0 rings (SSSR count). The molecule has 0 aliphatic carbocycles. The van der Waals surface area contributed by atoms with Crippen LogP contribution in [0.15, 0.2) is 24.3 Å². The van der Waals surface area contributed by atoms with Crippen LogP contribution in [0.4, 0.5) is 0 Å². The zero-order valence-electron chi connectivity index (χ0n) is 20.8. The Balaban J connectivity index is 3.41. The lowest BCUT2D eigenvalue weighted by Gasteiger charge is -2.24. The number of unbranched alkanes of at least 4 members (excludes halogenated alkanes) is 13. The summed E-state index contributed by atoms with van der Waals surface area (Å²) >= 11 is 0. The first-order valence-corrected chi connectivity index (χ1v) is 13.2. The van der Waals surface area contributed by atoms with E-state index >= 15 is 0 Å². The van der Waals surface area contributed by atoms with Crippen LogP contribution in [0.25, 0.3) is 0 Å². The highest BCUT2D eigenvalue weighted by Gasteiger charge is 2.10. The van der Waals surface area contributed by atoms with Crippen LogP contribution >= 0.6 is 0 Å². The Hall–Kier alpha value is -0.560. The Morgan fingerprint density at radius 2 is 0.931 bits per heavy atom. The second kappa shape index (κ2) is 23.7. The molecule has 0 aromatic rings. The van der Waals surface area contributed by atoms with Crippen molar-refractivity contribution in [1.29, 1.82) is 0 Å². The van der Waals surface area contributed by atoms with E-state index in [1.807, 2.05) is 0 Å². The van der Waals surface area contributed by atoms with Gasteiger partial charge in [-0.05, 0) is 59.0 Å². The molecular formula is C28H55N. The number of nitrogens with zero attached hydrogens (tertiary/aromatic N) is 1. The largest absolute Gasteiger partial charge is 0.306 e. The maximum atomic E-state index is 2.46. The van der Waals surface area contributed by atoms with E-state index in [0.29, 0.717) is 0 Å². The summed E-state index contributed by atoms with van der Waals surface area (Å²) < 4.78 is 0. The first-order valence-electron chi connectivity index (χ1n) is 13.2. The highest BCUT2D eigenvalue weighted by atomic mass is 15.1. The lowest BCUT2D eigenvalue weighted by molar-refractivity contribution is 0.251. The summed E-state index contributed by atoms with van der Waals surface area (Å²) in [6.07, 6.45) is 35.5. The minimum Gasteiger partial charge on any atom is -0.306 e. The summed E-state index contributed by atoms with van der Waals surface area (Å²) in [6.45, 7) is 4.57. The minimum atomic E-state index is 0.810. The van der Waals surface area contributed by atoms with Crippen LogP contribution in [-0.4, -0.2) is 25.0 Å². The standard InChI is InChI=1S/C28H55N/c1-5-7-9-11-12-13-14-15-16-17-18-19-20-21-22-23-25-27-28(29(3)4)26-24-10-8-6-2/h12-13,15-16,28H,5-11,14,17-27H2,1-4H3/b13-12+,16-15+. The van der Waals surface area contributed by atoms with E-state index < -0.39 is 0 Å². The number of hydrogen-bond acceptors (Lipinski definition) is 1.